The van der Waals surface area contributed by atoms with Crippen LogP contribution in [0.2, 0.25) is 10.0 Å². The minimum absolute atomic E-state index is 0.0297. The van der Waals surface area contributed by atoms with Gasteiger partial charge in [-0.3, -0.25) is 19.3 Å². The predicted octanol–water partition coefficient (Wildman–Crippen LogP) is 2.49. The average Bonchev–Trinajstić information content (AvgIpc) is 3.26. The van der Waals surface area contributed by atoms with Crippen molar-refractivity contribution in [3.63, 3.8) is 0 Å². The van der Waals surface area contributed by atoms with Crippen molar-refractivity contribution in [2.24, 2.45) is 5.92 Å². The summed E-state index contributed by atoms with van der Waals surface area (Å²) in [6, 6.07) is 7.06. The quantitative estimate of drug-likeness (QED) is 0.421. The highest BCUT2D eigenvalue weighted by Crippen LogP contribution is 2.24. The number of aromatic nitrogens is 2. The number of hydrogen-bond acceptors (Lipinski definition) is 4. The van der Waals surface area contributed by atoms with Crippen molar-refractivity contribution in [1.82, 2.24) is 15.1 Å². The summed E-state index contributed by atoms with van der Waals surface area (Å²) in [7, 11) is 0. The Morgan fingerprint density at radius 1 is 1.25 bits per heavy atom. The number of rotatable bonds is 7. The summed E-state index contributed by atoms with van der Waals surface area (Å²) < 4.78 is 1.61. The average molecular weight is 423 g/mol. The molecule has 0 saturated carbocycles. The third-order valence-corrected chi connectivity index (χ3v) is 5.39. The monoisotopic (exact) mass is 422 g/mol. The Balaban J connectivity index is 1.53. The maximum atomic E-state index is 12.4. The molecule has 1 aromatic carbocycles. The molecule has 1 atom stereocenters. The minimum Gasteiger partial charge on any atom is -0.355 e. The van der Waals surface area contributed by atoms with Crippen LogP contribution < -0.4 is 10.2 Å². The Morgan fingerprint density at radius 3 is 2.75 bits per heavy atom. The van der Waals surface area contributed by atoms with Crippen molar-refractivity contribution < 1.29 is 14.4 Å². The summed E-state index contributed by atoms with van der Waals surface area (Å²) in [5, 5.41) is 7.84. The molecule has 1 aliphatic heterocycles. The van der Waals surface area contributed by atoms with E-state index in [9.17, 15) is 14.4 Å². The Kier molecular flexibility index (Phi) is 6.36. The predicted molar refractivity (Wildman–Crippen MR) is 107 cm³/mol. The zero-order valence-electron chi connectivity index (χ0n) is 15.3. The number of halogens is 2. The smallest absolute Gasteiger partial charge is 0.296 e. The van der Waals surface area contributed by atoms with E-state index in [1.54, 1.807) is 29.1 Å². The highest BCUT2D eigenvalue weighted by Gasteiger charge is 2.44. The molecule has 28 heavy (non-hydrogen) atoms. The van der Waals surface area contributed by atoms with Crippen LogP contribution in [0.25, 0.3) is 0 Å². The van der Waals surface area contributed by atoms with Crippen LogP contribution in [-0.2, 0) is 27.3 Å². The van der Waals surface area contributed by atoms with Crippen molar-refractivity contribution >= 4 is 46.6 Å². The van der Waals surface area contributed by atoms with Gasteiger partial charge in [0.25, 0.3) is 5.91 Å². The highest BCUT2D eigenvalue weighted by molar-refractivity contribution is 6.47. The Morgan fingerprint density at radius 2 is 2.04 bits per heavy atom. The largest absolute Gasteiger partial charge is 0.355 e. The van der Waals surface area contributed by atoms with Crippen LogP contribution in [-0.4, -0.2) is 40.5 Å². The molecule has 7 nitrogen and oxygen atoms in total. The zero-order valence-corrected chi connectivity index (χ0v) is 16.8. The second-order valence-electron chi connectivity index (χ2n) is 6.48. The van der Waals surface area contributed by atoms with Crippen LogP contribution in [0.5, 0.6) is 0 Å². The lowest BCUT2D eigenvalue weighted by atomic mass is 10.1. The molecule has 0 aliphatic carbocycles. The van der Waals surface area contributed by atoms with Gasteiger partial charge >= 0.3 is 0 Å². The summed E-state index contributed by atoms with van der Waals surface area (Å²) in [6.07, 6.45) is 2.94. The lowest BCUT2D eigenvalue weighted by Crippen LogP contribution is -2.36. The number of carbonyl (C=O) groups is 3. The van der Waals surface area contributed by atoms with E-state index in [1.165, 1.54) is 4.90 Å². The summed E-state index contributed by atoms with van der Waals surface area (Å²) in [6.45, 7) is 2.87. The SMILES string of the molecule is CCn1nccc1N1CC(C(=O)NCCCc2ccc(Cl)c(Cl)c2)C(=O)C1=O. The minimum atomic E-state index is -1.00. The van der Waals surface area contributed by atoms with Crippen LogP contribution in [0.3, 0.4) is 0 Å². The molecule has 0 radical (unpaired) electrons. The van der Waals surface area contributed by atoms with Crippen molar-refractivity contribution in [2.75, 3.05) is 18.0 Å². The van der Waals surface area contributed by atoms with Gasteiger partial charge in [0.05, 0.1) is 16.2 Å². The van der Waals surface area contributed by atoms with Crippen molar-refractivity contribution in [2.45, 2.75) is 26.3 Å². The van der Waals surface area contributed by atoms with Gasteiger partial charge in [-0.05, 0) is 37.5 Å². The molecule has 1 unspecified atom stereocenters. The molecule has 1 fully saturated rings. The molecule has 2 aromatic rings. The van der Waals surface area contributed by atoms with Gasteiger partial charge in [-0.2, -0.15) is 5.10 Å². The fourth-order valence-corrected chi connectivity index (χ4v) is 3.47. The first-order chi connectivity index (χ1) is 13.4. The number of hydrogen-bond donors (Lipinski definition) is 1. The van der Waals surface area contributed by atoms with Crippen LogP contribution in [0.4, 0.5) is 5.82 Å². The molecule has 1 aromatic heterocycles. The molecule has 3 rings (SSSR count). The van der Waals surface area contributed by atoms with Gasteiger partial charge < -0.3 is 5.32 Å². The number of nitrogens with one attached hydrogen (secondary N) is 1. The Hall–Kier alpha value is -2.38. The number of carbonyl (C=O) groups excluding carboxylic acids is 3. The lowest BCUT2D eigenvalue weighted by molar-refractivity contribution is -0.139. The number of ketones is 1. The maximum Gasteiger partial charge on any atom is 0.296 e. The van der Waals surface area contributed by atoms with Crippen LogP contribution in [0.1, 0.15) is 18.9 Å². The standard InChI is InChI=1S/C19H20Cl2N4O3/c1-2-25-16(7-9-23-25)24-11-13(17(26)19(24)28)18(27)22-8-3-4-12-5-6-14(20)15(21)10-12/h5-7,9-10,13H,2-4,8,11H2,1H3,(H,22,27). The molecule has 2 amide bonds. The van der Waals surface area contributed by atoms with Crippen LogP contribution in [0, 0.1) is 5.92 Å². The number of benzene rings is 1. The number of Topliss-reactive ketones (excluding diaryl/α,β-unsaturated/α-hetero) is 1. The van der Waals surface area contributed by atoms with Crippen LogP contribution in [0.15, 0.2) is 30.5 Å². The fraction of sp³-hybridized carbons (Fsp3) is 0.368. The van der Waals surface area contributed by atoms with Gasteiger partial charge in [0.1, 0.15) is 11.7 Å². The summed E-state index contributed by atoms with van der Waals surface area (Å²) in [4.78, 5) is 38.3. The topological polar surface area (TPSA) is 84.3 Å². The second-order valence-corrected chi connectivity index (χ2v) is 7.30. The van der Waals surface area contributed by atoms with E-state index in [4.69, 9.17) is 23.2 Å². The number of anilines is 1. The van der Waals surface area contributed by atoms with Gasteiger partial charge in [0, 0.05) is 25.7 Å². The van der Waals surface area contributed by atoms with Gasteiger partial charge in [-0.1, -0.05) is 29.3 Å². The molecule has 148 valence electrons. The van der Waals surface area contributed by atoms with E-state index in [0.29, 0.717) is 41.8 Å². The van der Waals surface area contributed by atoms with E-state index in [0.717, 1.165) is 5.56 Å². The second kappa shape index (κ2) is 8.75. The molecule has 1 aliphatic rings. The van der Waals surface area contributed by atoms with E-state index in [1.807, 2.05) is 13.0 Å². The third kappa shape index (κ3) is 4.20. The van der Waals surface area contributed by atoms with Crippen molar-refractivity contribution in [3.8, 4) is 0 Å². The third-order valence-electron chi connectivity index (χ3n) is 4.65. The van der Waals surface area contributed by atoms with Gasteiger partial charge in [-0.15, -0.1) is 0 Å². The van der Waals surface area contributed by atoms with Crippen LogP contribution >= 0.6 is 23.2 Å². The van der Waals surface area contributed by atoms with Crippen molar-refractivity contribution in [1.29, 1.82) is 0 Å². The van der Waals surface area contributed by atoms with E-state index in [2.05, 4.69) is 10.4 Å². The molecule has 0 bridgehead atoms. The fourth-order valence-electron chi connectivity index (χ4n) is 3.15. The Labute approximate surface area is 172 Å². The Bertz CT molecular complexity index is 912. The first-order valence-corrected chi connectivity index (χ1v) is 9.77. The molecule has 0 spiro atoms. The maximum absolute atomic E-state index is 12.4. The summed E-state index contributed by atoms with van der Waals surface area (Å²) >= 11 is 11.9. The molecular weight excluding hydrogens is 403 g/mol. The first-order valence-electron chi connectivity index (χ1n) is 9.01. The normalized spacial score (nSPS) is 16.7. The molecule has 9 heteroatoms. The highest BCUT2D eigenvalue weighted by atomic mass is 35.5. The van der Waals surface area contributed by atoms with Crippen molar-refractivity contribution in [3.05, 3.63) is 46.1 Å². The van der Waals surface area contributed by atoms with E-state index < -0.39 is 23.5 Å². The lowest BCUT2D eigenvalue weighted by Gasteiger charge is -2.16. The number of aryl methyl sites for hydroxylation is 2. The zero-order chi connectivity index (χ0) is 20.3. The molecule has 1 N–H and O–H groups in total. The first kappa shape index (κ1) is 20.4. The van der Waals surface area contributed by atoms with E-state index in [-0.39, 0.29) is 6.54 Å². The van der Waals surface area contributed by atoms with Gasteiger partial charge in [0.15, 0.2) is 0 Å². The molecular formula is C19H20Cl2N4O3. The van der Waals surface area contributed by atoms with Gasteiger partial charge in [-0.25, -0.2) is 4.68 Å². The summed E-state index contributed by atoms with van der Waals surface area (Å²) in [5.41, 5.74) is 1.01. The van der Waals surface area contributed by atoms with E-state index >= 15 is 0 Å². The van der Waals surface area contributed by atoms with Gasteiger partial charge in [0.2, 0.25) is 11.7 Å². The number of nitrogens with zero attached hydrogens (tertiary/aromatic N) is 3. The molecule has 2 heterocycles. The molecule has 1 saturated heterocycles. The number of amides is 2. The summed E-state index contributed by atoms with van der Waals surface area (Å²) in [5.74, 6) is -2.28.